The largest absolute Gasteiger partial charge is 0.756 e. The molecule has 1 atom stereocenters. The fourth-order valence-electron chi connectivity index (χ4n) is 5.87. The summed E-state index contributed by atoms with van der Waals surface area (Å²) >= 11 is 0. The number of phosphoric acid groups is 1. The van der Waals surface area contributed by atoms with E-state index in [-0.39, 0.29) is 12.7 Å². The van der Waals surface area contributed by atoms with Crippen molar-refractivity contribution in [3.05, 3.63) is 0 Å². The summed E-state index contributed by atoms with van der Waals surface area (Å²) in [6, 6.07) is 0. The Hall–Kier alpha value is 0.0700. The molecular formula is C28H56NO4P. The van der Waals surface area contributed by atoms with E-state index >= 15 is 0 Å². The minimum absolute atomic E-state index is 0.181. The Morgan fingerprint density at radius 2 is 1.12 bits per heavy atom. The predicted octanol–water partition coefficient (Wildman–Crippen LogP) is 7.91. The van der Waals surface area contributed by atoms with Gasteiger partial charge in [-0.05, 0) is 25.7 Å². The van der Waals surface area contributed by atoms with Crippen LogP contribution in [0.3, 0.4) is 0 Å². The summed E-state index contributed by atoms with van der Waals surface area (Å²) in [7, 11) is -4.16. The fourth-order valence-corrected chi connectivity index (χ4v) is 6.86. The third kappa shape index (κ3) is 14.0. The molecule has 5 nitrogen and oxygen atoms in total. The molecule has 1 unspecified atom stereocenters. The van der Waals surface area contributed by atoms with E-state index in [4.69, 9.17) is 9.05 Å². The van der Waals surface area contributed by atoms with Gasteiger partial charge >= 0.3 is 0 Å². The van der Waals surface area contributed by atoms with E-state index in [2.05, 4.69) is 6.92 Å². The molecule has 0 N–H and O–H groups in total. The third-order valence-electron chi connectivity index (χ3n) is 8.14. The van der Waals surface area contributed by atoms with Crippen LogP contribution in [0.15, 0.2) is 0 Å². The lowest BCUT2D eigenvalue weighted by Gasteiger charge is -2.46. The van der Waals surface area contributed by atoms with E-state index in [9.17, 15) is 9.46 Å². The van der Waals surface area contributed by atoms with Crippen molar-refractivity contribution in [2.45, 2.75) is 148 Å². The topological polar surface area (TPSA) is 58.6 Å². The number of hydrogen-bond donors (Lipinski definition) is 0. The van der Waals surface area contributed by atoms with Crippen LogP contribution in [0.1, 0.15) is 142 Å². The predicted molar refractivity (Wildman–Crippen MR) is 141 cm³/mol. The number of hydrogen-bond acceptors (Lipinski definition) is 4. The van der Waals surface area contributed by atoms with Crippen LogP contribution < -0.4 is 4.89 Å². The highest BCUT2D eigenvalue weighted by Crippen LogP contribution is 2.42. The van der Waals surface area contributed by atoms with Crippen molar-refractivity contribution in [1.82, 2.24) is 0 Å². The van der Waals surface area contributed by atoms with Crippen LogP contribution in [0.5, 0.6) is 0 Å². The van der Waals surface area contributed by atoms with Gasteiger partial charge in [0.25, 0.3) is 7.82 Å². The van der Waals surface area contributed by atoms with Gasteiger partial charge in [-0.15, -0.1) is 0 Å². The Morgan fingerprint density at radius 1 is 0.676 bits per heavy atom. The second kappa shape index (κ2) is 18.3. The molecule has 202 valence electrons. The Morgan fingerprint density at radius 3 is 1.59 bits per heavy atom. The maximum Gasteiger partial charge on any atom is 0.268 e. The van der Waals surface area contributed by atoms with E-state index < -0.39 is 7.82 Å². The van der Waals surface area contributed by atoms with Gasteiger partial charge in [-0.25, -0.2) is 0 Å². The van der Waals surface area contributed by atoms with Crippen molar-refractivity contribution in [2.24, 2.45) is 0 Å². The summed E-state index contributed by atoms with van der Waals surface area (Å²) in [5, 5.41) is 0. The van der Waals surface area contributed by atoms with E-state index in [1.54, 1.807) is 0 Å². The van der Waals surface area contributed by atoms with E-state index in [0.29, 0.717) is 0 Å². The van der Waals surface area contributed by atoms with Crippen LogP contribution in [0.25, 0.3) is 0 Å². The lowest BCUT2D eigenvalue weighted by Crippen LogP contribution is -2.56. The van der Waals surface area contributed by atoms with Gasteiger partial charge in [-0.2, -0.15) is 0 Å². The maximum absolute atomic E-state index is 12.2. The zero-order valence-electron chi connectivity index (χ0n) is 22.5. The van der Waals surface area contributed by atoms with Gasteiger partial charge in [0.15, 0.2) is 0 Å². The highest BCUT2D eigenvalue weighted by Gasteiger charge is 2.36. The number of quaternary nitrogens is 1. The van der Waals surface area contributed by atoms with Crippen molar-refractivity contribution in [2.75, 3.05) is 32.8 Å². The highest BCUT2D eigenvalue weighted by atomic mass is 31.2. The third-order valence-corrected chi connectivity index (χ3v) is 9.20. The minimum Gasteiger partial charge on any atom is -0.756 e. The van der Waals surface area contributed by atoms with Gasteiger partial charge in [-0.3, -0.25) is 4.57 Å². The van der Waals surface area contributed by atoms with Crippen LogP contribution in [-0.4, -0.2) is 43.4 Å². The summed E-state index contributed by atoms with van der Waals surface area (Å²) in [6.07, 6.45) is 26.4. The van der Waals surface area contributed by atoms with Crippen LogP contribution >= 0.6 is 7.82 Å². The van der Waals surface area contributed by atoms with Crippen molar-refractivity contribution >= 4 is 7.82 Å². The fraction of sp³-hybridized carbons (Fsp3) is 1.00. The Kier molecular flexibility index (Phi) is 16.3. The molecule has 0 radical (unpaired) electrons. The average Bonchev–Trinajstić information content (AvgIpc) is 2.83. The monoisotopic (exact) mass is 501 g/mol. The summed E-state index contributed by atoms with van der Waals surface area (Å²) in [4.78, 5) is 12.2. The van der Waals surface area contributed by atoms with Crippen LogP contribution in [0, 0.1) is 0 Å². The minimum atomic E-state index is -4.16. The molecule has 0 aromatic rings. The number of rotatable bonds is 20. The second-order valence-electron chi connectivity index (χ2n) is 11.2. The SMILES string of the molecule is CCCCCCCCCCCCCCCCCCOP(=O)([O-])OC1CC[N+]2(CCCCC2)CC1. The van der Waals surface area contributed by atoms with Gasteiger partial charge in [0.2, 0.25) is 0 Å². The van der Waals surface area contributed by atoms with Crippen molar-refractivity contribution in [3.8, 4) is 0 Å². The Balaban J connectivity index is 1.34. The smallest absolute Gasteiger partial charge is 0.268 e. The summed E-state index contributed by atoms with van der Waals surface area (Å²) in [5.74, 6) is 0. The first-order chi connectivity index (χ1) is 16.6. The number of unbranched alkanes of at least 4 members (excludes halogenated alkanes) is 15. The second-order valence-corrected chi connectivity index (χ2v) is 12.5. The first-order valence-corrected chi connectivity index (χ1v) is 16.5. The van der Waals surface area contributed by atoms with E-state index in [1.165, 1.54) is 127 Å². The van der Waals surface area contributed by atoms with Crippen molar-refractivity contribution < 1.29 is 23.0 Å². The summed E-state index contributed by atoms with van der Waals surface area (Å²) < 4.78 is 24.0. The average molecular weight is 502 g/mol. The van der Waals surface area contributed by atoms with Crippen LogP contribution in [0.4, 0.5) is 0 Å². The molecule has 2 aliphatic heterocycles. The maximum atomic E-state index is 12.2. The zero-order chi connectivity index (χ0) is 24.4. The normalized spacial score (nSPS) is 20.5. The first kappa shape index (κ1) is 30.3. The molecule has 2 fully saturated rings. The van der Waals surface area contributed by atoms with Crippen molar-refractivity contribution in [1.29, 1.82) is 0 Å². The Bertz CT molecular complexity index is 528. The molecular weight excluding hydrogens is 445 g/mol. The quantitative estimate of drug-likeness (QED) is 0.0966. The molecule has 0 saturated carbocycles. The molecule has 34 heavy (non-hydrogen) atoms. The molecule has 2 aliphatic rings. The molecule has 2 heterocycles. The first-order valence-electron chi connectivity index (χ1n) is 15.0. The molecule has 0 aliphatic carbocycles. The van der Waals surface area contributed by atoms with Crippen LogP contribution in [-0.2, 0) is 13.6 Å². The Labute approximate surface area is 211 Å². The number of nitrogens with zero attached hydrogens (tertiary/aromatic N) is 1. The van der Waals surface area contributed by atoms with E-state index in [1.807, 2.05) is 0 Å². The van der Waals surface area contributed by atoms with Crippen LogP contribution in [0.2, 0.25) is 0 Å². The van der Waals surface area contributed by atoms with Gasteiger partial charge in [0.1, 0.15) is 0 Å². The molecule has 0 bridgehead atoms. The molecule has 0 aromatic heterocycles. The standard InChI is InChI=1S/C28H56NO4P/c1-2-3-4-5-6-7-8-9-10-11-12-13-14-15-16-20-27-32-34(30,31)33-28-21-25-29(26-22-28)23-18-17-19-24-29/h28H,2-27H2,1H3. The molecule has 0 aromatic carbocycles. The molecule has 1 spiro atoms. The van der Waals surface area contributed by atoms with Gasteiger partial charge in [0, 0.05) is 12.8 Å². The van der Waals surface area contributed by atoms with Crippen molar-refractivity contribution in [3.63, 3.8) is 0 Å². The molecule has 2 saturated heterocycles. The van der Waals surface area contributed by atoms with Gasteiger partial charge in [-0.1, -0.05) is 103 Å². The summed E-state index contributed by atoms with van der Waals surface area (Å²) in [6.45, 7) is 7.19. The molecule has 2 rings (SSSR count). The highest BCUT2D eigenvalue weighted by molar-refractivity contribution is 7.45. The number of phosphoric ester groups is 1. The lowest BCUT2D eigenvalue weighted by atomic mass is 9.99. The number of piperidine rings is 2. The van der Waals surface area contributed by atoms with E-state index in [0.717, 1.165) is 38.8 Å². The zero-order valence-corrected chi connectivity index (χ0v) is 23.4. The molecule has 6 heteroatoms. The van der Waals surface area contributed by atoms with Gasteiger partial charge < -0.3 is 18.4 Å². The summed E-state index contributed by atoms with van der Waals surface area (Å²) in [5.41, 5.74) is 0. The lowest BCUT2D eigenvalue weighted by molar-refractivity contribution is -0.937. The molecule has 0 amide bonds. The van der Waals surface area contributed by atoms with Gasteiger partial charge in [0.05, 0.1) is 38.9 Å².